The Morgan fingerprint density at radius 3 is 2.86 bits per heavy atom. The Morgan fingerprint density at radius 2 is 2.24 bits per heavy atom. The summed E-state index contributed by atoms with van der Waals surface area (Å²) in [5, 5.41) is 19.0. The van der Waals surface area contributed by atoms with Crippen LogP contribution in [0.15, 0.2) is 6.20 Å². The normalized spacial score (nSPS) is 10.0. The number of anilines is 2. The molecule has 0 saturated carbocycles. The lowest BCUT2D eigenvalue weighted by molar-refractivity contribution is -0.384. The van der Waals surface area contributed by atoms with Gasteiger partial charge in [0.1, 0.15) is 6.20 Å². The van der Waals surface area contributed by atoms with E-state index in [1.807, 2.05) is 6.92 Å². The molecule has 0 atom stereocenters. The molecule has 0 saturated heterocycles. The zero-order chi connectivity index (χ0) is 15.7. The van der Waals surface area contributed by atoms with Crippen LogP contribution in [0.5, 0.6) is 0 Å². The minimum atomic E-state index is -0.610. The molecule has 1 amide bonds. The first-order valence-electron chi connectivity index (χ1n) is 6.33. The molecule has 10 heteroatoms. The maximum Gasteiger partial charge on any atom is 0.329 e. The van der Waals surface area contributed by atoms with E-state index in [0.29, 0.717) is 19.7 Å². The largest absolute Gasteiger partial charge is 0.383 e. The third kappa shape index (κ3) is 5.57. The molecule has 0 fully saturated rings. The zero-order valence-electron chi connectivity index (χ0n) is 11.9. The average molecular weight is 298 g/mol. The van der Waals surface area contributed by atoms with Crippen LogP contribution in [0.4, 0.5) is 17.5 Å². The van der Waals surface area contributed by atoms with Crippen molar-refractivity contribution >= 4 is 23.4 Å². The molecule has 3 N–H and O–H groups in total. The fourth-order valence-corrected chi connectivity index (χ4v) is 1.40. The summed E-state index contributed by atoms with van der Waals surface area (Å²) < 4.78 is 4.79. The van der Waals surface area contributed by atoms with Crippen LogP contribution in [0.1, 0.15) is 6.92 Å². The average Bonchev–Trinajstić information content (AvgIpc) is 2.45. The highest BCUT2D eigenvalue weighted by Gasteiger charge is 2.17. The maximum atomic E-state index is 11.5. The van der Waals surface area contributed by atoms with Crippen LogP contribution in [0.3, 0.4) is 0 Å². The lowest BCUT2D eigenvalue weighted by atomic mass is 10.4. The molecule has 1 heterocycles. The number of carbonyl (C=O) groups excluding carboxylic acids is 1. The third-order valence-corrected chi connectivity index (χ3v) is 2.35. The van der Waals surface area contributed by atoms with Crippen LogP contribution in [-0.4, -0.2) is 54.1 Å². The molecule has 21 heavy (non-hydrogen) atoms. The second-order valence-corrected chi connectivity index (χ2v) is 3.91. The number of nitrogens with one attached hydrogen (secondary N) is 3. The third-order valence-electron chi connectivity index (χ3n) is 2.35. The molecule has 116 valence electrons. The number of carbonyl (C=O) groups is 1. The molecule has 1 rings (SSSR count). The van der Waals surface area contributed by atoms with E-state index >= 15 is 0 Å². The summed E-state index contributed by atoms with van der Waals surface area (Å²) in [5.74, 6) is -0.0665. The van der Waals surface area contributed by atoms with Crippen LogP contribution in [-0.2, 0) is 9.53 Å². The van der Waals surface area contributed by atoms with Crippen molar-refractivity contribution in [2.24, 2.45) is 0 Å². The van der Waals surface area contributed by atoms with Crippen LogP contribution >= 0.6 is 0 Å². The molecule has 0 radical (unpaired) electrons. The number of amides is 1. The van der Waals surface area contributed by atoms with Crippen LogP contribution in [0, 0.1) is 10.1 Å². The lowest BCUT2D eigenvalue weighted by Gasteiger charge is -2.08. The Kier molecular flexibility index (Phi) is 6.81. The van der Waals surface area contributed by atoms with Gasteiger partial charge in [-0.3, -0.25) is 14.9 Å². The number of methoxy groups -OCH3 is 1. The van der Waals surface area contributed by atoms with Gasteiger partial charge in [0, 0.05) is 20.2 Å². The summed E-state index contributed by atoms with van der Waals surface area (Å²) in [6, 6.07) is 0. The standard InChI is InChI=1S/C11H18N6O4/c1-3-12-11-15-6-8(17(19)20)10(16-11)14-7-9(18)13-4-5-21-2/h6H,3-5,7H2,1-2H3,(H,13,18)(H2,12,14,15,16). The summed E-state index contributed by atoms with van der Waals surface area (Å²) in [5.41, 5.74) is -0.290. The maximum absolute atomic E-state index is 11.5. The van der Waals surface area contributed by atoms with Crippen molar-refractivity contribution in [3.05, 3.63) is 16.3 Å². The predicted octanol–water partition coefficient (Wildman–Crippen LogP) is -0.00890. The van der Waals surface area contributed by atoms with Crippen molar-refractivity contribution in [2.45, 2.75) is 6.92 Å². The summed E-state index contributed by atoms with van der Waals surface area (Å²) in [6.45, 7) is 3.05. The number of aromatic nitrogens is 2. The summed E-state index contributed by atoms with van der Waals surface area (Å²) in [7, 11) is 1.52. The number of hydrogen-bond donors (Lipinski definition) is 3. The van der Waals surface area contributed by atoms with E-state index in [1.54, 1.807) is 0 Å². The van der Waals surface area contributed by atoms with Gasteiger partial charge in [0.15, 0.2) is 0 Å². The van der Waals surface area contributed by atoms with Gasteiger partial charge in [-0.1, -0.05) is 0 Å². The first-order chi connectivity index (χ1) is 10.1. The van der Waals surface area contributed by atoms with E-state index in [2.05, 4.69) is 25.9 Å². The Labute approximate surface area is 121 Å². The number of ether oxygens (including phenoxy) is 1. The fraction of sp³-hybridized carbons (Fsp3) is 0.545. The highest BCUT2D eigenvalue weighted by atomic mass is 16.6. The first-order valence-corrected chi connectivity index (χ1v) is 6.33. The highest BCUT2D eigenvalue weighted by molar-refractivity contribution is 5.81. The number of hydrogen-bond acceptors (Lipinski definition) is 8. The lowest BCUT2D eigenvalue weighted by Crippen LogP contribution is -2.32. The van der Waals surface area contributed by atoms with Gasteiger partial charge < -0.3 is 20.7 Å². The van der Waals surface area contributed by atoms with Gasteiger partial charge in [-0.2, -0.15) is 4.98 Å². The van der Waals surface area contributed by atoms with Crippen molar-refractivity contribution in [1.82, 2.24) is 15.3 Å². The predicted molar refractivity (Wildman–Crippen MR) is 76.2 cm³/mol. The molecule has 1 aromatic rings. The highest BCUT2D eigenvalue weighted by Crippen LogP contribution is 2.21. The second kappa shape index (κ2) is 8.64. The molecular weight excluding hydrogens is 280 g/mol. The SMILES string of the molecule is CCNc1ncc([N+](=O)[O-])c(NCC(=O)NCCOC)n1. The Hall–Kier alpha value is -2.49. The van der Waals surface area contributed by atoms with E-state index < -0.39 is 4.92 Å². The van der Waals surface area contributed by atoms with Crippen molar-refractivity contribution in [2.75, 3.05) is 44.0 Å². The summed E-state index contributed by atoms with van der Waals surface area (Å²) >= 11 is 0. The van der Waals surface area contributed by atoms with Gasteiger partial charge >= 0.3 is 5.69 Å². The van der Waals surface area contributed by atoms with Gasteiger partial charge in [0.2, 0.25) is 17.7 Å². The number of nitro groups is 1. The monoisotopic (exact) mass is 298 g/mol. The van der Waals surface area contributed by atoms with E-state index in [4.69, 9.17) is 4.74 Å². The van der Waals surface area contributed by atoms with Gasteiger partial charge in [0.25, 0.3) is 0 Å². The first kappa shape index (κ1) is 16.6. The molecule has 0 aromatic carbocycles. The van der Waals surface area contributed by atoms with E-state index in [9.17, 15) is 14.9 Å². The summed E-state index contributed by atoms with van der Waals surface area (Å²) in [4.78, 5) is 29.6. The van der Waals surface area contributed by atoms with Crippen LogP contribution in [0.2, 0.25) is 0 Å². The van der Waals surface area contributed by atoms with Gasteiger partial charge in [-0.25, -0.2) is 4.98 Å². The zero-order valence-corrected chi connectivity index (χ0v) is 11.9. The van der Waals surface area contributed by atoms with Gasteiger partial charge in [-0.05, 0) is 6.92 Å². The van der Waals surface area contributed by atoms with Crippen molar-refractivity contribution in [3.63, 3.8) is 0 Å². The Morgan fingerprint density at radius 1 is 1.48 bits per heavy atom. The van der Waals surface area contributed by atoms with E-state index in [1.165, 1.54) is 7.11 Å². The molecule has 0 aliphatic heterocycles. The fourth-order valence-electron chi connectivity index (χ4n) is 1.40. The van der Waals surface area contributed by atoms with Crippen LogP contribution < -0.4 is 16.0 Å². The van der Waals surface area contributed by atoms with E-state index in [-0.39, 0.29) is 29.9 Å². The van der Waals surface area contributed by atoms with Crippen LogP contribution in [0.25, 0.3) is 0 Å². The Balaban J connectivity index is 2.68. The molecular formula is C11H18N6O4. The molecule has 0 aliphatic rings. The van der Waals surface area contributed by atoms with Crippen molar-refractivity contribution in [1.29, 1.82) is 0 Å². The van der Waals surface area contributed by atoms with Crippen molar-refractivity contribution in [3.8, 4) is 0 Å². The second-order valence-electron chi connectivity index (χ2n) is 3.91. The molecule has 0 aliphatic carbocycles. The van der Waals surface area contributed by atoms with Crippen molar-refractivity contribution < 1.29 is 14.5 Å². The Bertz CT molecular complexity index is 496. The quantitative estimate of drug-likeness (QED) is 0.329. The van der Waals surface area contributed by atoms with E-state index in [0.717, 1.165) is 6.20 Å². The molecule has 0 bridgehead atoms. The molecule has 0 spiro atoms. The smallest absolute Gasteiger partial charge is 0.329 e. The molecule has 0 unspecified atom stereocenters. The molecule has 1 aromatic heterocycles. The minimum Gasteiger partial charge on any atom is -0.383 e. The molecule has 10 nitrogen and oxygen atoms in total. The number of nitrogens with zero attached hydrogens (tertiary/aromatic N) is 3. The topological polar surface area (TPSA) is 131 Å². The van der Waals surface area contributed by atoms with Gasteiger partial charge in [-0.15, -0.1) is 0 Å². The minimum absolute atomic E-state index is 0.00663. The number of rotatable bonds is 9. The summed E-state index contributed by atoms with van der Waals surface area (Å²) in [6.07, 6.45) is 1.09. The van der Waals surface area contributed by atoms with Gasteiger partial charge in [0.05, 0.1) is 18.1 Å².